The van der Waals surface area contributed by atoms with Crippen LogP contribution in [0, 0.1) is 5.92 Å². The SMILES string of the molecule is CCOc1nc(NN)nc(NCC2CCOCC2)n1. The quantitative estimate of drug-likeness (QED) is 0.502. The number of anilines is 2. The highest BCUT2D eigenvalue weighted by Gasteiger charge is 2.14. The fourth-order valence-corrected chi connectivity index (χ4v) is 1.88. The van der Waals surface area contributed by atoms with Gasteiger partial charge in [0.05, 0.1) is 6.61 Å². The molecule has 0 radical (unpaired) electrons. The Morgan fingerprint density at radius 3 is 2.68 bits per heavy atom. The van der Waals surface area contributed by atoms with E-state index in [1.807, 2.05) is 6.92 Å². The maximum atomic E-state index is 5.32. The summed E-state index contributed by atoms with van der Waals surface area (Å²) in [5.74, 6) is 6.65. The van der Waals surface area contributed by atoms with Crippen molar-refractivity contribution in [1.82, 2.24) is 15.0 Å². The molecule has 2 rings (SSSR count). The van der Waals surface area contributed by atoms with Gasteiger partial charge in [0.2, 0.25) is 11.9 Å². The van der Waals surface area contributed by atoms with E-state index in [0.29, 0.717) is 18.5 Å². The molecular weight excluding hydrogens is 248 g/mol. The molecule has 0 aliphatic carbocycles. The Hall–Kier alpha value is -1.67. The molecule has 0 aromatic carbocycles. The molecule has 0 bridgehead atoms. The van der Waals surface area contributed by atoms with Crippen LogP contribution in [0.25, 0.3) is 0 Å². The summed E-state index contributed by atoms with van der Waals surface area (Å²) in [5.41, 5.74) is 2.40. The molecule has 0 spiro atoms. The third-order valence-corrected chi connectivity index (χ3v) is 2.91. The maximum Gasteiger partial charge on any atom is 0.323 e. The maximum absolute atomic E-state index is 5.32. The Balaban J connectivity index is 1.95. The third-order valence-electron chi connectivity index (χ3n) is 2.91. The number of aromatic nitrogens is 3. The van der Waals surface area contributed by atoms with Gasteiger partial charge in [-0.25, -0.2) is 5.84 Å². The summed E-state index contributed by atoms with van der Waals surface area (Å²) in [6.45, 7) is 4.82. The first-order valence-corrected chi connectivity index (χ1v) is 6.49. The molecular formula is C11H20N6O2. The number of hydrogen-bond acceptors (Lipinski definition) is 8. The highest BCUT2D eigenvalue weighted by Crippen LogP contribution is 2.16. The third kappa shape index (κ3) is 4.18. The number of nitrogens with one attached hydrogen (secondary N) is 2. The van der Waals surface area contributed by atoms with Gasteiger partial charge in [-0.05, 0) is 25.7 Å². The number of nitrogens with two attached hydrogens (primary N) is 1. The molecule has 1 aliphatic heterocycles. The van der Waals surface area contributed by atoms with Crippen LogP contribution in [0.15, 0.2) is 0 Å². The fourth-order valence-electron chi connectivity index (χ4n) is 1.88. The van der Waals surface area contributed by atoms with E-state index in [9.17, 15) is 0 Å². The average molecular weight is 268 g/mol. The van der Waals surface area contributed by atoms with E-state index in [2.05, 4.69) is 25.7 Å². The van der Waals surface area contributed by atoms with Crippen LogP contribution in [-0.4, -0.2) is 41.3 Å². The fraction of sp³-hybridized carbons (Fsp3) is 0.727. The van der Waals surface area contributed by atoms with Crippen molar-refractivity contribution < 1.29 is 9.47 Å². The lowest BCUT2D eigenvalue weighted by Gasteiger charge is -2.22. The van der Waals surface area contributed by atoms with Crippen LogP contribution in [0.2, 0.25) is 0 Å². The minimum Gasteiger partial charge on any atom is -0.464 e. The summed E-state index contributed by atoms with van der Waals surface area (Å²) in [5, 5.41) is 3.19. The van der Waals surface area contributed by atoms with Gasteiger partial charge in [-0.1, -0.05) is 0 Å². The van der Waals surface area contributed by atoms with Crippen LogP contribution >= 0.6 is 0 Å². The number of nitrogens with zero attached hydrogens (tertiary/aromatic N) is 3. The molecule has 0 atom stereocenters. The predicted octanol–water partition coefficient (Wildman–Crippen LogP) is 0.394. The summed E-state index contributed by atoms with van der Waals surface area (Å²) >= 11 is 0. The Bertz CT molecular complexity index is 397. The van der Waals surface area contributed by atoms with E-state index in [4.69, 9.17) is 15.3 Å². The average Bonchev–Trinajstić information content (AvgIpc) is 2.46. The standard InChI is InChI=1S/C11H20N6O2/c1-2-19-11-15-9(14-10(16-11)17-12)13-7-8-3-5-18-6-4-8/h8H,2-7,12H2,1H3,(H2,13,14,15,16,17). The Labute approximate surface area is 112 Å². The molecule has 1 aromatic heterocycles. The second-order valence-electron chi connectivity index (χ2n) is 4.28. The van der Waals surface area contributed by atoms with Gasteiger partial charge in [-0.3, -0.25) is 5.43 Å². The Kier molecular flexibility index (Phi) is 5.10. The summed E-state index contributed by atoms with van der Waals surface area (Å²) in [4.78, 5) is 12.3. The van der Waals surface area contributed by atoms with Crippen LogP contribution in [-0.2, 0) is 4.74 Å². The van der Waals surface area contributed by atoms with Gasteiger partial charge >= 0.3 is 6.01 Å². The Morgan fingerprint density at radius 2 is 2.00 bits per heavy atom. The molecule has 0 unspecified atom stereocenters. The minimum absolute atomic E-state index is 0.264. The predicted molar refractivity (Wildman–Crippen MR) is 70.8 cm³/mol. The van der Waals surface area contributed by atoms with Gasteiger partial charge in [0.25, 0.3) is 0 Å². The summed E-state index contributed by atoms with van der Waals surface area (Å²) < 4.78 is 10.6. The van der Waals surface area contributed by atoms with Gasteiger partial charge in [-0.2, -0.15) is 15.0 Å². The number of hydrazine groups is 1. The van der Waals surface area contributed by atoms with Gasteiger partial charge in [0, 0.05) is 19.8 Å². The highest BCUT2D eigenvalue weighted by atomic mass is 16.5. The number of nitrogen functional groups attached to an aromatic ring is 1. The van der Waals surface area contributed by atoms with E-state index in [1.165, 1.54) is 0 Å². The van der Waals surface area contributed by atoms with Crippen LogP contribution < -0.4 is 21.3 Å². The Morgan fingerprint density at radius 1 is 1.26 bits per heavy atom. The van der Waals surface area contributed by atoms with Crippen LogP contribution in [0.5, 0.6) is 6.01 Å². The van der Waals surface area contributed by atoms with E-state index in [0.717, 1.165) is 32.6 Å². The van der Waals surface area contributed by atoms with Gasteiger partial charge in [-0.15, -0.1) is 0 Å². The lowest BCUT2D eigenvalue weighted by atomic mass is 10.0. The van der Waals surface area contributed by atoms with Crippen molar-refractivity contribution in [2.75, 3.05) is 37.1 Å². The van der Waals surface area contributed by atoms with Gasteiger partial charge in [0.1, 0.15) is 0 Å². The molecule has 0 amide bonds. The van der Waals surface area contributed by atoms with E-state index in [-0.39, 0.29) is 12.0 Å². The number of rotatable bonds is 6. The number of hydrogen-bond donors (Lipinski definition) is 3. The monoisotopic (exact) mass is 268 g/mol. The second kappa shape index (κ2) is 7.05. The van der Waals surface area contributed by atoms with Gasteiger partial charge < -0.3 is 14.8 Å². The lowest BCUT2D eigenvalue weighted by Crippen LogP contribution is -2.23. The zero-order valence-corrected chi connectivity index (χ0v) is 11.1. The van der Waals surface area contributed by atoms with Crippen LogP contribution in [0.3, 0.4) is 0 Å². The molecule has 8 nitrogen and oxygen atoms in total. The zero-order valence-electron chi connectivity index (χ0n) is 11.1. The first-order valence-electron chi connectivity index (χ1n) is 6.49. The van der Waals surface area contributed by atoms with Crippen molar-refractivity contribution in [1.29, 1.82) is 0 Å². The zero-order chi connectivity index (χ0) is 13.5. The first-order chi connectivity index (χ1) is 9.31. The van der Waals surface area contributed by atoms with Crippen molar-refractivity contribution in [2.45, 2.75) is 19.8 Å². The van der Waals surface area contributed by atoms with Crippen molar-refractivity contribution >= 4 is 11.9 Å². The normalized spacial score (nSPS) is 16.1. The molecule has 1 aromatic rings. The van der Waals surface area contributed by atoms with Crippen molar-refractivity contribution in [2.24, 2.45) is 11.8 Å². The summed E-state index contributed by atoms with van der Waals surface area (Å²) in [6, 6.07) is 0.264. The number of ether oxygens (including phenoxy) is 2. The molecule has 1 aliphatic rings. The molecule has 106 valence electrons. The van der Waals surface area contributed by atoms with Crippen LogP contribution in [0.1, 0.15) is 19.8 Å². The molecule has 8 heteroatoms. The topological polar surface area (TPSA) is 107 Å². The van der Waals surface area contributed by atoms with E-state index in [1.54, 1.807) is 0 Å². The summed E-state index contributed by atoms with van der Waals surface area (Å²) in [6.07, 6.45) is 2.11. The minimum atomic E-state index is 0.264. The van der Waals surface area contributed by atoms with E-state index < -0.39 is 0 Å². The smallest absolute Gasteiger partial charge is 0.323 e. The molecule has 1 saturated heterocycles. The largest absolute Gasteiger partial charge is 0.464 e. The second-order valence-corrected chi connectivity index (χ2v) is 4.28. The van der Waals surface area contributed by atoms with Crippen molar-refractivity contribution in [3.05, 3.63) is 0 Å². The van der Waals surface area contributed by atoms with Crippen LogP contribution in [0.4, 0.5) is 11.9 Å². The molecule has 2 heterocycles. The lowest BCUT2D eigenvalue weighted by molar-refractivity contribution is 0.0699. The molecule has 19 heavy (non-hydrogen) atoms. The molecule has 0 saturated carbocycles. The van der Waals surface area contributed by atoms with Gasteiger partial charge in [0.15, 0.2) is 0 Å². The van der Waals surface area contributed by atoms with Crippen molar-refractivity contribution in [3.8, 4) is 6.01 Å². The molecule has 4 N–H and O–H groups in total. The first kappa shape index (κ1) is 13.8. The van der Waals surface area contributed by atoms with E-state index >= 15 is 0 Å². The van der Waals surface area contributed by atoms with Crippen molar-refractivity contribution in [3.63, 3.8) is 0 Å². The molecule has 1 fully saturated rings. The summed E-state index contributed by atoms with van der Waals surface area (Å²) in [7, 11) is 0. The highest BCUT2D eigenvalue weighted by molar-refractivity contribution is 5.34.